The Morgan fingerprint density at radius 1 is 0.872 bits per heavy atom. The van der Waals surface area contributed by atoms with Crippen LogP contribution in [-0.2, 0) is 55.9 Å². The molecule has 2 rings (SSSR count). The number of carbonyl (C=O) groups is 1. The smallest absolute Gasteiger partial charge is 0.390 e. The molecule has 0 aromatic carbocycles. The number of nitrogens with zero attached hydrogens (tertiary/aromatic N) is 1. The lowest BCUT2D eigenvalue weighted by Gasteiger charge is -2.32. The molecule has 2 aliphatic rings. The SMILES string of the molecule is C=C1NC(=O)C(C)=CN1C1CC(O)C(COP(=O)(O)OCCOCCOCCOCCOCCOCCOP(=O)(O)CC(C)(C)C)O1. The van der Waals surface area contributed by atoms with Gasteiger partial charge in [-0.25, -0.2) is 4.57 Å². The lowest BCUT2D eigenvalue weighted by Crippen LogP contribution is -2.42. The van der Waals surface area contributed by atoms with Crippen molar-refractivity contribution in [1.29, 1.82) is 0 Å². The molecule has 0 radical (unpaired) electrons. The Labute approximate surface area is 276 Å². The van der Waals surface area contributed by atoms with Crippen molar-refractivity contribution in [2.45, 2.75) is 52.6 Å². The Morgan fingerprint density at radius 2 is 1.34 bits per heavy atom. The fraction of sp³-hybridized carbons (Fsp3) is 0.821. The van der Waals surface area contributed by atoms with Gasteiger partial charge in [0.25, 0.3) is 5.91 Å². The lowest BCUT2D eigenvalue weighted by atomic mass is 10.0. The summed E-state index contributed by atoms with van der Waals surface area (Å²) in [5, 5.41) is 12.9. The second kappa shape index (κ2) is 21.1. The van der Waals surface area contributed by atoms with Crippen molar-refractivity contribution in [1.82, 2.24) is 10.2 Å². The van der Waals surface area contributed by atoms with Crippen LogP contribution in [-0.4, -0.2) is 136 Å². The first-order valence-corrected chi connectivity index (χ1v) is 18.6. The first-order chi connectivity index (χ1) is 22.1. The molecule has 19 heteroatoms. The molecule has 1 amide bonds. The molecule has 0 spiro atoms. The van der Waals surface area contributed by atoms with Crippen molar-refractivity contribution in [3.63, 3.8) is 0 Å². The Hall–Kier alpha value is -1.27. The third-order valence-corrected chi connectivity index (χ3v) is 9.26. The van der Waals surface area contributed by atoms with E-state index < -0.39 is 33.9 Å². The predicted molar refractivity (Wildman–Crippen MR) is 168 cm³/mol. The molecular formula is C28H52N2O15P2. The Kier molecular flexibility index (Phi) is 18.8. The van der Waals surface area contributed by atoms with Gasteiger partial charge < -0.3 is 58.1 Å². The second-order valence-corrected chi connectivity index (χ2v) is 15.2. The minimum absolute atomic E-state index is 0.0282. The molecule has 1 fully saturated rings. The number of hydrogen-bond donors (Lipinski definition) is 4. The predicted octanol–water partition coefficient (Wildman–Crippen LogP) is 1.73. The Bertz CT molecular complexity index is 1090. The minimum atomic E-state index is -4.42. The molecule has 0 bridgehead atoms. The summed E-state index contributed by atoms with van der Waals surface area (Å²) in [7, 11) is -8.03. The average molecular weight is 719 g/mol. The van der Waals surface area contributed by atoms with E-state index in [9.17, 15) is 28.8 Å². The minimum Gasteiger partial charge on any atom is -0.390 e. The van der Waals surface area contributed by atoms with Crippen LogP contribution in [0.25, 0.3) is 0 Å². The van der Waals surface area contributed by atoms with Crippen molar-refractivity contribution >= 4 is 21.3 Å². The van der Waals surface area contributed by atoms with Crippen LogP contribution >= 0.6 is 15.4 Å². The van der Waals surface area contributed by atoms with E-state index in [1.807, 2.05) is 20.8 Å². The van der Waals surface area contributed by atoms with Crippen molar-refractivity contribution in [3.8, 4) is 0 Å². The quantitative estimate of drug-likeness (QED) is 0.0782. The van der Waals surface area contributed by atoms with E-state index in [1.54, 1.807) is 18.0 Å². The molecule has 0 aromatic heterocycles. The third kappa shape index (κ3) is 18.3. The largest absolute Gasteiger partial charge is 0.472 e. The number of aliphatic hydroxyl groups excluding tert-OH is 1. The fourth-order valence-corrected chi connectivity index (χ4v) is 6.58. The molecule has 0 aliphatic carbocycles. The molecular weight excluding hydrogens is 666 g/mol. The highest BCUT2D eigenvalue weighted by molar-refractivity contribution is 7.52. The number of ether oxygens (including phenoxy) is 6. The first-order valence-electron chi connectivity index (χ1n) is 15.4. The van der Waals surface area contributed by atoms with Gasteiger partial charge in [-0.05, 0) is 12.3 Å². The number of amides is 1. The van der Waals surface area contributed by atoms with E-state index >= 15 is 0 Å². The average Bonchev–Trinajstić information content (AvgIpc) is 3.33. The zero-order valence-corrected chi connectivity index (χ0v) is 29.5. The number of carbonyl (C=O) groups excluding carboxylic acids is 1. The van der Waals surface area contributed by atoms with E-state index in [4.69, 9.17) is 42.0 Å². The summed E-state index contributed by atoms with van der Waals surface area (Å²) in [5.41, 5.74) is 0.143. The molecule has 274 valence electrons. The van der Waals surface area contributed by atoms with E-state index in [1.165, 1.54) is 0 Å². The van der Waals surface area contributed by atoms with Gasteiger partial charge in [0.15, 0.2) is 0 Å². The zero-order chi connectivity index (χ0) is 34.9. The maximum Gasteiger partial charge on any atom is 0.472 e. The molecule has 17 nitrogen and oxygen atoms in total. The summed E-state index contributed by atoms with van der Waals surface area (Å²) in [4.78, 5) is 33.0. The summed E-state index contributed by atoms with van der Waals surface area (Å²) >= 11 is 0. The summed E-state index contributed by atoms with van der Waals surface area (Å²) in [6, 6.07) is 0. The highest BCUT2D eigenvalue weighted by Gasteiger charge is 2.40. The van der Waals surface area contributed by atoms with Gasteiger partial charge in [0.2, 0.25) is 0 Å². The molecule has 2 heterocycles. The number of rotatable bonds is 25. The lowest BCUT2D eigenvalue weighted by molar-refractivity contribution is -0.118. The molecule has 2 aliphatic heterocycles. The number of phosphoric ester groups is 1. The normalized spacial score (nSPS) is 23.0. The fourth-order valence-electron chi connectivity index (χ4n) is 4.21. The van der Waals surface area contributed by atoms with Crippen molar-refractivity contribution in [3.05, 3.63) is 24.2 Å². The van der Waals surface area contributed by atoms with E-state index in [2.05, 4.69) is 11.9 Å². The summed E-state index contributed by atoms with van der Waals surface area (Å²) in [5.74, 6) is 0.0182. The Balaban J connectivity index is 1.37. The van der Waals surface area contributed by atoms with Gasteiger partial charge in [-0.1, -0.05) is 27.4 Å². The van der Waals surface area contributed by atoms with E-state index in [-0.39, 0.29) is 70.2 Å². The highest BCUT2D eigenvalue weighted by atomic mass is 31.2. The molecule has 4 N–H and O–H groups in total. The second-order valence-electron chi connectivity index (χ2n) is 11.9. The highest BCUT2D eigenvalue weighted by Crippen LogP contribution is 2.47. The summed E-state index contributed by atoms with van der Waals surface area (Å²) in [6.07, 6.45) is -0.678. The van der Waals surface area contributed by atoms with Gasteiger partial charge in [-0.3, -0.25) is 18.4 Å². The van der Waals surface area contributed by atoms with Crippen LogP contribution in [0.3, 0.4) is 0 Å². The van der Waals surface area contributed by atoms with Gasteiger partial charge in [-0.15, -0.1) is 0 Å². The molecule has 5 unspecified atom stereocenters. The molecule has 1 saturated heterocycles. The van der Waals surface area contributed by atoms with Crippen LogP contribution in [0.5, 0.6) is 0 Å². The van der Waals surface area contributed by atoms with Crippen LogP contribution in [0.1, 0.15) is 34.1 Å². The molecule has 5 atom stereocenters. The van der Waals surface area contributed by atoms with Crippen molar-refractivity contribution in [2.75, 3.05) is 92.1 Å². The molecule has 0 aromatic rings. The number of phosphoric acid groups is 1. The van der Waals surface area contributed by atoms with Crippen molar-refractivity contribution in [2.24, 2.45) is 5.41 Å². The monoisotopic (exact) mass is 718 g/mol. The van der Waals surface area contributed by atoms with Gasteiger partial charge in [0.1, 0.15) is 18.2 Å². The maximum atomic E-state index is 12.2. The van der Waals surface area contributed by atoms with Crippen molar-refractivity contribution < 1.29 is 70.8 Å². The zero-order valence-electron chi connectivity index (χ0n) is 27.7. The maximum absolute atomic E-state index is 12.2. The topological polar surface area (TPSA) is 210 Å². The first kappa shape index (κ1) is 41.9. The summed E-state index contributed by atoms with van der Waals surface area (Å²) < 4.78 is 71.6. The number of nitrogens with one attached hydrogen (secondary N) is 1. The van der Waals surface area contributed by atoms with Gasteiger partial charge in [0, 0.05) is 18.2 Å². The molecule has 0 saturated carbocycles. The van der Waals surface area contributed by atoms with Gasteiger partial charge in [0.05, 0.1) is 98.2 Å². The van der Waals surface area contributed by atoms with Crippen LogP contribution < -0.4 is 5.32 Å². The van der Waals surface area contributed by atoms with Crippen LogP contribution in [0, 0.1) is 5.41 Å². The standard InChI is InChI=1S/C28H52N2O15P2/c1-22-19-30(23(2)29-27(22)32)26-18-24(31)25(45-26)20-44-47(35,36)43-17-15-41-13-11-39-9-7-37-6-8-38-10-12-40-14-16-42-46(33,34)21-28(3,4)5/h19,24-26,31H,2,6-18,20-21H2,1,3-5H3,(H,29,32)(H,33,34)(H,35,36). The molecule has 47 heavy (non-hydrogen) atoms. The van der Waals surface area contributed by atoms with Crippen LogP contribution in [0.4, 0.5) is 0 Å². The number of hydrogen-bond acceptors (Lipinski definition) is 14. The number of aliphatic hydroxyl groups is 1. The third-order valence-electron chi connectivity index (χ3n) is 6.34. The van der Waals surface area contributed by atoms with E-state index in [0.29, 0.717) is 51.0 Å². The Morgan fingerprint density at radius 3 is 1.83 bits per heavy atom. The summed E-state index contributed by atoms with van der Waals surface area (Å²) in [6.45, 7) is 13.4. The van der Waals surface area contributed by atoms with Gasteiger partial charge in [-0.2, -0.15) is 0 Å². The van der Waals surface area contributed by atoms with Crippen LogP contribution in [0.2, 0.25) is 0 Å². The van der Waals surface area contributed by atoms with E-state index in [0.717, 1.165) is 0 Å². The van der Waals surface area contributed by atoms with Crippen LogP contribution in [0.15, 0.2) is 24.2 Å². The van der Waals surface area contributed by atoms with Gasteiger partial charge >= 0.3 is 15.4 Å².